The van der Waals surface area contributed by atoms with Gasteiger partial charge in [-0.25, -0.2) is 0 Å². The summed E-state index contributed by atoms with van der Waals surface area (Å²) in [5.74, 6) is -6.68. The highest BCUT2D eigenvalue weighted by Gasteiger charge is 2.54. The average molecular weight is 366 g/mol. The lowest BCUT2D eigenvalue weighted by atomic mass is 9.96. The first kappa shape index (κ1) is 21.2. The molecule has 0 aliphatic carbocycles. The van der Waals surface area contributed by atoms with Gasteiger partial charge in [-0.1, -0.05) is 27.7 Å². The summed E-state index contributed by atoms with van der Waals surface area (Å²) in [6, 6.07) is -0.979. The average Bonchev–Trinajstić information content (AvgIpc) is 2.88. The third-order valence-electron chi connectivity index (χ3n) is 4.21. The van der Waals surface area contributed by atoms with Crippen molar-refractivity contribution in [3.63, 3.8) is 0 Å². The van der Waals surface area contributed by atoms with Crippen molar-refractivity contribution in [3.8, 4) is 0 Å². The monoisotopic (exact) mass is 366 g/mol. The third kappa shape index (κ3) is 5.61. The molecule has 0 bridgehead atoms. The Bertz CT molecular complexity index is 520. The van der Waals surface area contributed by atoms with Crippen molar-refractivity contribution in [1.82, 2.24) is 10.2 Å². The fourth-order valence-electron chi connectivity index (χ4n) is 2.88. The molecule has 1 saturated heterocycles. The topological polar surface area (TPSA) is 86.7 Å². The van der Waals surface area contributed by atoms with Crippen LogP contribution < -0.4 is 5.32 Å². The fourth-order valence-corrected chi connectivity index (χ4v) is 2.88. The SMILES string of the molecule is CC(C)CC(=O)NC(C(=O)N1C[C@@H](C(F)(F)F)[C@H](C(=O)O)C1)C(C)C. The molecule has 1 unspecified atom stereocenters. The lowest BCUT2D eigenvalue weighted by molar-refractivity contribution is -0.188. The first-order valence-electron chi connectivity index (χ1n) is 8.22. The highest BCUT2D eigenvalue weighted by molar-refractivity contribution is 5.88. The summed E-state index contributed by atoms with van der Waals surface area (Å²) in [5, 5.41) is 11.6. The Morgan fingerprint density at radius 2 is 1.72 bits per heavy atom. The zero-order valence-corrected chi connectivity index (χ0v) is 14.8. The predicted octanol–water partition coefficient (Wildman–Crippen LogP) is 1.89. The van der Waals surface area contributed by atoms with Crippen molar-refractivity contribution in [2.75, 3.05) is 13.1 Å². The van der Waals surface area contributed by atoms with Crippen LogP contribution in [0.2, 0.25) is 0 Å². The molecule has 6 nitrogen and oxygen atoms in total. The van der Waals surface area contributed by atoms with E-state index in [1.807, 2.05) is 13.8 Å². The number of likely N-dealkylation sites (tertiary alicyclic amines) is 1. The van der Waals surface area contributed by atoms with Crippen molar-refractivity contribution in [1.29, 1.82) is 0 Å². The van der Waals surface area contributed by atoms with Gasteiger partial charge in [-0.3, -0.25) is 14.4 Å². The van der Waals surface area contributed by atoms with Gasteiger partial charge < -0.3 is 15.3 Å². The summed E-state index contributed by atoms with van der Waals surface area (Å²) in [6.45, 7) is 5.79. The van der Waals surface area contributed by atoms with E-state index in [1.54, 1.807) is 13.8 Å². The van der Waals surface area contributed by atoms with E-state index < -0.39 is 49.0 Å². The number of hydrogen-bond acceptors (Lipinski definition) is 3. The Kier molecular flexibility index (Phi) is 6.84. The molecule has 144 valence electrons. The molecule has 1 aliphatic rings. The summed E-state index contributed by atoms with van der Waals surface area (Å²) >= 11 is 0. The van der Waals surface area contributed by atoms with Crippen LogP contribution in [0.4, 0.5) is 13.2 Å². The number of carbonyl (C=O) groups excluding carboxylic acids is 2. The Hall–Kier alpha value is -1.80. The van der Waals surface area contributed by atoms with Crippen LogP contribution in [0.3, 0.4) is 0 Å². The first-order valence-corrected chi connectivity index (χ1v) is 8.22. The molecule has 0 saturated carbocycles. The van der Waals surface area contributed by atoms with E-state index in [1.165, 1.54) is 0 Å². The zero-order chi connectivity index (χ0) is 19.5. The molecule has 1 heterocycles. The summed E-state index contributed by atoms with van der Waals surface area (Å²) in [6.07, 6.45) is -4.51. The van der Waals surface area contributed by atoms with Gasteiger partial charge in [0.25, 0.3) is 0 Å². The molecule has 25 heavy (non-hydrogen) atoms. The molecule has 9 heteroatoms. The maximum Gasteiger partial charge on any atom is 0.394 e. The minimum absolute atomic E-state index is 0.0701. The van der Waals surface area contributed by atoms with Crippen LogP contribution in [0.15, 0.2) is 0 Å². The Morgan fingerprint density at radius 3 is 2.08 bits per heavy atom. The molecule has 0 aromatic rings. The van der Waals surface area contributed by atoms with E-state index >= 15 is 0 Å². The quantitative estimate of drug-likeness (QED) is 0.752. The van der Waals surface area contributed by atoms with Crippen LogP contribution in [0.5, 0.6) is 0 Å². The molecule has 2 amide bonds. The number of rotatable bonds is 6. The number of amides is 2. The van der Waals surface area contributed by atoms with Crippen LogP contribution in [-0.2, 0) is 14.4 Å². The van der Waals surface area contributed by atoms with Gasteiger partial charge in [0.2, 0.25) is 11.8 Å². The largest absolute Gasteiger partial charge is 0.481 e. The number of hydrogen-bond donors (Lipinski definition) is 2. The molecule has 1 rings (SSSR count). The number of nitrogens with zero attached hydrogens (tertiary/aromatic N) is 1. The van der Waals surface area contributed by atoms with Gasteiger partial charge in [0.1, 0.15) is 6.04 Å². The molecule has 0 radical (unpaired) electrons. The molecule has 0 aromatic carbocycles. The molecule has 0 aromatic heterocycles. The van der Waals surface area contributed by atoms with Crippen molar-refractivity contribution < 1.29 is 32.7 Å². The summed E-state index contributed by atoms with van der Waals surface area (Å²) < 4.78 is 39.2. The van der Waals surface area contributed by atoms with Crippen LogP contribution in [0.1, 0.15) is 34.1 Å². The Labute approximate surface area is 144 Å². The van der Waals surface area contributed by atoms with Gasteiger partial charge in [0.15, 0.2) is 0 Å². The van der Waals surface area contributed by atoms with Crippen LogP contribution >= 0.6 is 0 Å². The fraction of sp³-hybridized carbons (Fsp3) is 0.812. The van der Waals surface area contributed by atoms with Crippen molar-refractivity contribution >= 4 is 17.8 Å². The molecule has 3 atom stereocenters. The summed E-state index contributed by atoms with van der Waals surface area (Å²) in [7, 11) is 0. The van der Waals surface area contributed by atoms with E-state index in [9.17, 15) is 27.6 Å². The van der Waals surface area contributed by atoms with Crippen molar-refractivity contribution in [2.24, 2.45) is 23.7 Å². The number of carboxylic acids is 1. The molecule has 2 N–H and O–H groups in total. The van der Waals surface area contributed by atoms with Crippen LogP contribution in [0, 0.1) is 23.7 Å². The minimum atomic E-state index is -4.70. The standard InChI is InChI=1S/C16H25F3N2O4/c1-8(2)5-12(22)20-13(9(3)4)14(23)21-6-10(15(24)25)11(7-21)16(17,18)19/h8-11,13H,5-7H2,1-4H3,(H,20,22)(H,24,25)/t10-,11-,13?/m1/s1. The predicted molar refractivity (Wildman–Crippen MR) is 83.5 cm³/mol. The molecule has 1 aliphatic heterocycles. The van der Waals surface area contributed by atoms with Crippen LogP contribution in [0.25, 0.3) is 0 Å². The van der Waals surface area contributed by atoms with Gasteiger partial charge in [-0.15, -0.1) is 0 Å². The number of aliphatic carboxylic acids is 1. The number of carboxylic acid groups (broad SMARTS) is 1. The maximum atomic E-state index is 13.1. The van der Waals surface area contributed by atoms with Crippen molar-refractivity contribution in [3.05, 3.63) is 0 Å². The second-order valence-corrected chi connectivity index (χ2v) is 7.22. The van der Waals surface area contributed by atoms with E-state index in [-0.39, 0.29) is 24.2 Å². The molecule has 0 spiro atoms. The number of alkyl halides is 3. The summed E-state index contributed by atoms with van der Waals surface area (Å²) in [5.41, 5.74) is 0. The lowest BCUT2D eigenvalue weighted by Crippen LogP contribution is -2.51. The highest BCUT2D eigenvalue weighted by atomic mass is 19.4. The number of halogens is 3. The first-order chi connectivity index (χ1) is 11.3. The summed E-state index contributed by atoms with van der Waals surface area (Å²) in [4.78, 5) is 36.5. The smallest absolute Gasteiger partial charge is 0.394 e. The van der Waals surface area contributed by atoms with Gasteiger partial charge >= 0.3 is 12.1 Å². The van der Waals surface area contributed by atoms with Gasteiger partial charge in [-0.2, -0.15) is 13.2 Å². The minimum Gasteiger partial charge on any atom is -0.481 e. The second kappa shape index (κ2) is 8.05. The third-order valence-corrected chi connectivity index (χ3v) is 4.21. The van der Waals surface area contributed by atoms with Crippen LogP contribution in [-0.4, -0.2) is 53.1 Å². The Balaban J connectivity index is 2.91. The number of carbonyl (C=O) groups is 3. The van der Waals surface area contributed by atoms with E-state index in [0.29, 0.717) is 0 Å². The van der Waals surface area contributed by atoms with Gasteiger partial charge in [0.05, 0.1) is 11.8 Å². The van der Waals surface area contributed by atoms with Gasteiger partial charge in [0, 0.05) is 19.5 Å². The van der Waals surface area contributed by atoms with Crippen molar-refractivity contribution in [2.45, 2.75) is 46.3 Å². The normalized spacial score (nSPS) is 22.4. The van der Waals surface area contributed by atoms with E-state index in [0.717, 1.165) is 4.90 Å². The highest BCUT2D eigenvalue weighted by Crippen LogP contribution is 2.38. The lowest BCUT2D eigenvalue weighted by Gasteiger charge is -2.27. The molecule has 1 fully saturated rings. The molecular formula is C16H25F3N2O4. The zero-order valence-electron chi connectivity index (χ0n) is 14.8. The Morgan fingerprint density at radius 1 is 1.16 bits per heavy atom. The van der Waals surface area contributed by atoms with E-state index in [2.05, 4.69) is 5.32 Å². The number of nitrogens with one attached hydrogen (secondary N) is 1. The van der Waals surface area contributed by atoms with E-state index in [4.69, 9.17) is 5.11 Å². The second-order valence-electron chi connectivity index (χ2n) is 7.22. The molecular weight excluding hydrogens is 341 g/mol. The van der Waals surface area contributed by atoms with Gasteiger partial charge in [-0.05, 0) is 11.8 Å². The maximum absolute atomic E-state index is 13.1.